The first kappa shape index (κ1) is 7.57. The van der Waals surface area contributed by atoms with Crippen LogP contribution in [0.5, 0.6) is 0 Å². The van der Waals surface area contributed by atoms with Crippen molar-refractivity contribution < 1.29 is 0 Å². The quantitative estimate of drug-likeness (QED) is 0.650. The second-order valence-corrected chi connectivity index (χ2v) is 3.67. The minimum absolute atomic E-state index is 0.667. The number of fused-ring (bicyclic) bond motifs is 1. The number of aromatic nitrogens is 5. The Morgan fingerprint density at radius 1 is 1.29 bits per heavy atom. The number of tetrazole rings is 1. The van der Waals surface area contributed by atoms with Crippen LogP contribution in [0.2, 0.25) is 0 Å². The van der Waals surface area contributed by atoms with E-state index in [-0.39, 0.29) is 0 Å². The van der Waals surface area contributed by atoms with Crippen LogP contribution in [0.4, 0.5) is 0 Å². The van der Waals surface area contributed by atoms with Gasteiger partial charge in [0.1, 0.15) is 0 Å². The van der Waals surface area contributed by atoms with Crippen LogP contribution in [-0.2, 0) is 0 Å². The standard InChI is InChI=1S/C8H5N5S/c1-2-7-6(9-4-14-7)3-5(1)8-10-12-13-11-8/h1-4H,(H,10,11,12,13). The van der Waals surface area contributed by atoms with Gasteiger partial charge in [-0.25, -0.2) is 10.1 Å². The third-order valence-electron chi connectivity index (χ3n) is 1.95. The van der Waals surface area contributed by atoms with Crippen LogP contribution in [0.15, 0.2) is 23.7 Å². The van der Waals surface area contributed by atoms with E-state index in [2.05, 4.69) is 25.6 Å². The molecule has 14 heavy (non-hydrogen) atoms. The molecule has 0 atom stereocenters. The summed E-state index contributed by atoms with van der Waals surface area (Å²) in [4.78, 5) is 4.23. The Morgan fingerprint density at radius 2 is 2.29 bits per heavy atom. The monoisotopic (exact) mass is 203 g/mol. The zero-order chi connectivity index (χ0) is 9.38. The van der Waals surface area contributed by atoms with E-state index >= 15 is 0 Å². The topological polar surface area (TPSA) is 67.3 Å². The molecule has 0 amide bonds. The van der Waals surface area contributed by atoms with E-state index in [9.17, 15) is 0 Å². The Morgan fingerprint density at radius 3 is 3.14 bits per heavy atom. The number of H-pyrrole nitrogens is 1. The highest BCUT2D eigenvalue weighted by Crippen LogP contribution is 2.22. The summed E-state index contributed by atoms with van der Waals surface area (Å²) in [5.41, 5.74) is 3.75. The van der Waals surface area contributed by atoms with Gasteiger partial charge in [-0.15, -0.1) is 16.4 Å². The van der Waals surface area contributed by atoms with Crippen molar-refractivity contribution in [3.05, 3.63) is 23.7 Å². The van der Waals surface area contributed by atoms with Crippen molar-refractivity contribution in [2.75, 3.05) is 0 Å². The van der Waals surface area contributed by atoms with E-state index in [1.807, 2.05) is 23.7 Å². The van der Waals surface area contributed by atoms with Gasteiger partial charge >= 0.3 is 0 Å². The molecule has 0 saturated carbocycles. The smallest absolute Gasteiger partial charge is 0.179 e. The highest BCUT2D eigenvalue weighted by Gasteiger charge is 2.03. The van der Waals surface area contributed by atoms with Gasteiger partial charge in [-0.3, -0.25) is 0 Å². The lowest BCUT2D eigenvalue weighted by Crippen LogP contribution is -1.80. The number of nitrogens with zero attached hydrogens (tertiary/aromatic N) is 4. The Balaban J connectivity index is 2.23. The van der Waals surface area contributed by atoms with Crippen LogP contribution in [0.1, 0.15) is 0 Å². The predicted octanol–water partition coefficient (Wildman–Crippen LogP) is 1.48. The molecule has 6 heteroatoms. The highest BCUT2D eigenvalue weighted by atomic mass is 32.1. The Labute approximate surface area is 82.8 Å². The average molecular weight is 203 g/mol. The fourth-order valence-corrected chi connectivity index (χ4v) is 1.95. The maximum absolute atomic E-state index is 4.23. The average Bonchev–Trinajstić information content (AvgIpc) is 2.88. The van der Waals surface area contributed by atoms with Crippen LogP contribution in [-0.4, -0.2) is 25.6 Å². The van der Waals surface area contributed by atoms with Gasteiger partial charge in [0.2, 0.25) is 0 Å². The molecular formula is C8H5N5S. The summed E-state index contributed by atoms with van der Waals surface area (Å²) in [5, 5.41) is 13.6. The lowest BCUT2D eigenvalue weighted by Gasteiger charge is -1.93. The van der Waals surface area contributed by atoms with E-state index in [1.165, 1.54) is 4.70 Å². The van der Waals surface area contributed by atoms with Crippen molar-refractivity contribution in [2.24, 2.45) is 0 Å². The first-order valence-corrected chi connectivity index (χ1v) is 4.89. The van der Waals surface area contributed by atoms with Crippen LogP contribution in [0.25, 0.3) is 21.6 Å². The molecule has 0 saturated heterocycles. The molecule has 0 fully saturated rings. The molecule has 0 aliphatic rings. The van der Waals surface area contributed by atoms with E-state index in [4.69, 9.17) is 0 Å². The highest BCUT2D eigenvalue weighted by molar-refractivity contribution is 7.16. The maximum Gasteiger partial charge on any atom is 0.179 e. The van der Waals surface area contributed by atoms with Gasteiger partial charge in [0.05, 0.1) is 15.7 Å². The van der Waals surface area contributed by atoms with E-state index in [1.54, 1.807) is 11.3 Å². The summed E-state index contributed by atoms with van der Waals surface area (Å²) in [6, 6.07) is 5.96. The fraction of sp³-hybridized carbons (Fsp3) is 0. The van der Waals surface area contributed by atoms with Crippen molar-refractivity contribution in [1.82, 2.24) is 25.6 Å². The number of benzene rings is 1. The number of hydrogen-bond acceptors (Lipinski definition) is 5. The molecule has 0 spiro atoms. The Bertz CT molecular complexity index is 556. The van der Waals surface area contributed by atoms with E-state index in [0.717, 1.165) is 11.1 Å². The summed E-state index contributed by atoms with van der Waals surface area (Å²) in [6.07, 6.45) is 0. The summed E-state index contributed by atoms with van der Waals surface area (Å²) in [6.45, 7) is 0. The molecule has 0 radical (unpaired) electrons. The number of nitrogens with one attached hydrogen (secondary N) is 1. The fourth-order valence-electron chi connectivity index (χ4n) is 1.29. The van der Waals surface area contributed by atoms with Crippen LogP contribution >= 0.6 is 11.3 Å². The van der Waals surface area contributed by atoms with Gasteiger partial charge in [0.15, 0.2) is 5.82 Å². The number of aromatic amines is 1. The number of thiazole rings is 1. The zero-order valence-electron chi connectivity index (χ0n) is 7.01. The maximum atomic E-state index is 4.23. The molecule has 5 nitrogen and oxygen atoms in total. The largest absolute Gasteiger partial charge is 0.245 e. The van der Waals surface area contributed by atoms with Gasteiger partial charge in [0, 0.05) is 5.56 Å². The SMILES string of the molecule is c1nc2cc(-c3nnn[nH]3)ccc2s1. The van der Waals surface area contributed by atoms with Crippen LogP contribution in [0, 0.1) is 0 Å². The predicted molar refractivity (Wildman–Crippen MR) is 52.8 cm³/mol. The first-order chi connectivity index (χ1) is 6.93. The number of rotatable bonds is 1. The van der Waals surface area contributed by atoms with Gasteiger partial charge in [-0.05, 0) is 28.6 Å². The Hall–Kier alpha value is -1.82. The molecule has 68 valence electrons. The van der Waals surface area contributed by atoms with Gasteiger partial charge in [-0.1, -0.05) is 0 Å². The third kappa shape index (κ3) is 1.08. The second-order valence-electron chi connectivity index (χ2n) is 2.78. The summed E-state index contributed by atoms with van der Waals surface area (Å²) >= 11 is 1.62. The van der Waals surface area contributed by atoms with E-state index < -0.39 is 0 Å². The van der Waals surface area contributed by atoms with Crippen molar-refractivity contribution in [1.29, 1.82) is 0 Å². The second kappa shape index (κ2) is 2.85. The normalized spacial score (nSPS) is 10.9. The molecule has 2 heterocycles. The molecule has 2 aromatic heterocycles. The Kier molecular flexibility index (Phi) is 1.54. The van der Waals surface area contributed by atoms with Crippen molar-refractivity contribution in [3.63, 3.8) is 0 Å². The third-order valence-corrected chi connectivity index (χ3v) is 2.76. The molecular weight excluding hydrogens is 198 g/mol. The summed E-state index contributed by atoms with van der Waals surface area (Å²) < 4.78 is 1.17. The summed E-state index contributed by atoms with van der Waals surface area (Å²) in [5.74, 6) is 0.667. The lowest BCUT2D eigenvalue weighted by atomic mass is 10.2. The van der Waals surface area contributed by atoms with Crippen LogP contribution in [0.3, 0.4) is 0 Å². The zero-order valence-corrected chi connectivity index (χ0v) is 7.82. The molecule has 3 rings (SSSR count). The van der Waals surface area contributed by atoms with Crippen molar-refractivity contribution in [2.45, 2.75) is 0 Å². The summed E-state index contributed by atoms with van der Waals surface area (Å²) in [7, 11) is 0. The van der Waals surface area contributed by atoms with Gasteiger partial charge in [0.25, 0.3) is 0 Å². The molecule has 0 aliphatic carbocycles. The molecule has 3 aromatic rings. The molecule has 0 unspecified atom stereocenters. The van der Waals surface area contributed by atoms with Gasteiger partial charge in [-0.2, -0.15) is 0 Å². The van der Waals surface area contributed by atoms with Gasteiger partial charge < -0.3 is 0 Å². The van der Waals surface area contributed by atoms with Crippen molar-refractivity contribution >= 4 is 21.6 Å². The van der Waals surface area contributed by atoms with Crippen molar-refractivity contribution in [3.8, 4) is 11.4 Å². The lowest BCUT2D eigenvalue weighted by molar-refractivity contribution is 0.881. The first-order valence-electron chi connectivity index (χ1n) is 4.01. The minimum atomic E-state index is 0.667. The number of hydrogen-bond donors (Lipinski definition) is 1. The molecule has 1 aromatic carbocycles. The van der Waals surface area contributed by atoms with Crippen LogP contribution < -0.4 is 0 Å². The molecule has 0 aliphatic heterocycles. The molecule has 1 N–H and O–H groups in total. The van der Waals surface area contributed by atoms with E-state index in [0.29, 0.717) is 5.82 Å². The minimum Gasteiger partial charge on any atom is -0.245 e. The molecule has 0 bridgehead atoms.